The summed E-state index contributed by atoms with van der Waals surface area (Å²) in [5, 5.41) is 3.81. The maximum Gasteiger partial charge on any atom is 0.220 e. The summed E-state index contributed by atoms with van der Waals surface area (Å²) in [7, 11) is -3.35. The van der Waals surface area contributed by atoms with Crippen LogP contribution in [0.25, 0.3) is 0 Å². The molecule has 1 saturated heterocycles. The average molecular weight is 334 g/mol. The van der Waals surface area contributed by atoms with Crippen molar-refractivity contribution < 1.29 is 12.9 Å². The van der Waals surface area contributed by atoms with Gasteiger partial charge in [-0.05, 0) is 38.2 Å². The van der Waals surface area contributed by atoms with E-state index in [9.17, 15) is 8.42 Å². The van der Waals surface area contributed by atoms with Crippen LogP contribution >= 0.6 is 0 Å². The normalized spacial score (nSPS) is 19.3. The molecule has 1 fully saturated rings. The van der Waals surface area contributed by atoms with Crippen molar-refractivity contribution in [2.24, 2.45) is 0 Å². The maximum atomic E-state index is 12.7. The minimum Gasteiger partial charge on any atom is -0.364 e. The monoisotopic (exact) mass is 334 g/mol. The number of aromatic nitrogens is 1. The molecule has 0 amide bonds. The van der Waals surface area contributed by atoms with Crippen LogP contribution in [0.4, 0.5) is 0 Å². The molecule has 1 unspecified atom stereocenters. The van der Waals surface area contributed by atoms with Gasteiger partial charge in [0, 0.05) is 18.2 Å². The molecule has 1 aliphatic heterocycles. The minimum atomic E-state index is -3.35. The van der Waals surface area contributed by atoms with Gasteiger partial charge in [-0.15, -0.1) is 0 Å². The summed E-state index contributed by atoms with van der Waals surface area (Å²) < 4.78 is 32.0. The van der Waals surface area contributed by atoms with E-state index in [1.807, 2.05) is 25.1 Å². The summed E-state index contributed by atoms with van der Waals surface area (Å²) in [5.41, 5.74) is 2.55. The molecule has 2 heterocycles. The lowest BCUT2D eigenvalue weighted by molar-refractivity contribution is 0.368. The molecule has 0 spiro atoms. The molecule has 1 atom stereocenters. The largest absolute Gasteiger partial charge is 0.364 e. The van der Waals surface area contributed by atoms with Gasteiger partial charge in [0.1, 0.15) is 17.7 Å². The van der Waals surface area contributed by atoms with Crippen LogP contribution < -0.4 is 0 Å². The van der Waals surface area contributed by atoms with E-state index < -0.39 is 10.0 Å². The van der Waals surface area contributed by atoms with Gasteiger partial charge < -0.3 is 4.52 Å². The van der Waals surface area contributed by atoms with E-state index in [0.717, 1.165) is 31.2 Å². The lowest BCUT2D eigenvalue weighted by Gasteiger charge is -2.23. The Bertz CT molecular complexity index is 740. The van der Waals surface area contributed by atoms with Crippen LogP contribution in [-0.2, 0) is 22.2 Å². The average Bonchev–Trinajstić information content (AvgIpc) is 3.16. The summed E-state index contributed by atoms with van der Waals surface area (Å²) in [5.74, 6) is -0.0723. The van der Waals surface area contributed by atoms with Gasteiger partial charge in [-0.2, -0.15) is 4.31 Å². The first-order chi connectivity index (χ1) is 11.1. The predicted molar refractivity (Wildman–Crippen MR) is 88.4 cm³/mol. The zero-order chi connectivity index (χ0) is 16.3. The molecule has 23 heavy (non-hydrogen) atoms. The highest BCUT2D eigenvalue weighted by atomic mass is 32.2. The Balaban J connectivity index is 1.67. The number of benzene rings is 1. The molecule has 0 N–H and O–H groups in total. The Morgan fingerprint density at radius 2 is 2.09 bits per heavy atom. The molecule has 0 saturated carbocycles. The second-order valence-corrected chi connectivity index (χ2v) is 8.05. The minimum absolute atomic E-state index is 0.0723. The Morgan fingerprint density at radius 1 is 1.30 bits per heavy atom. The van der Waals surface area contributed by atoms with Crippen molar-refractivity contribution in [1.82, 2.24) is 9.46 Å². The topological polar surface area (TPSA) is 63.4 Å². The van der Waals surface area contributed by atoms with Crippen LogP contribution in [0.15, 0.2) is 41.1 Å². The number of rotatable bonds is 6. The molecule has 0 bridgehead atoms. The molecular formula is C17H22N2O3S. The number of hydrogen-bond donors (Lipinski definition) is 0. The summed E-state index contributed by atoms with van der Waals surface area (Å²) in [6.07, 6.45) is 5.11. The maximum absolute atomic E-state index is 12.7. The quantitative estimate of drug-likeness (QED) is 0.815. The fraction of sp³-hybridized carbons (Fsp3) is 0.471. The lowest BCUT2D eigenvalue weighted by Crippen LogP contribution is -2.36. The van der Waals surface area contributed by atoms with Gasteiger partial charge >= 0.3 is 0 Å². The molecule has 6 heteroatoms. The Labute approximate surface area is 137 Å². The zero-order valence-corrected chi connectivity index (χ0v) is 14.1. The van der Waals surface area contributed by atoms with Crippen LogP contribution in [-0.4, -0.2) is 30.5 Å². The molecule has 3 rings (SSSR count). The van der Waals surface area contributed by atoms with E-state index >= 15 is 0 Å². The molecule has 124 valence electrons. The van der Waals surface area contributed by atoms with E-state index in [2.05, 4.69) is 17.3 Å². The van der Waals surface area contributed by atoms with Crippen LogP contribution in [0.3, 0.4) is 0 Å². The first-order valence-electron chi connectivity index (χ1n) is 7.99. The standard InChI is InChI=1S/C17H22N2O3S/c1-14-12-22-18-17(14)13-23(20,21)19-11-5-8-16(19)10-9-15-6-3-2-4-7-15/h2-4,6-7,12,16H,5,8-11,13H2,1H3. The van der Waals surface area contributed by atoms with Gasteiger partial charge in [-0.25, -0.2) is 8.42 Å². The summed E-state index contributed by atoms with van der Waals surface area (Å²) in [6, 6.07) is 10.3. The molecular weight excluding hydrogens is 312 g/mol. The molecule has 2 aromatic rings. The predicted octanol–water partition coefficient (Wildman–Crippen LogP) is 2.91. The fourth-order valence-corrected chi connectivity index (χ4v) is 5.01. The van der Waals surface area contributed by atoms with Crippen LogP contribution in [0.5, 0.6) is 0 Å². The number of hydrogen-bond acceptors (Lipinski definition) is 4. The number of nitrogens with zero attached hydrogens (tertiary/aromatic N) is 2. The van der Waals surface area contributed by atoms with Crippen molar-refractivity contribution in [1.29, 1.82) is 0 Å². The van der Waals surface area contributed by atoms with Crippen molar-refractivity contribution in [3.63, 3.8) is 0 Å². The number of sulfonamides is 1. The smallest absolute Gasteiger partial charge is 0.220 e. The Morgan fingerprint density at radius 3 is 2.78 bits per heavy atom. The number of aryl methyl sites for hydroxylation is 2. The van der Waals surface area contributed by atoms with E-state index in [1.165, 1.54) is 11.8 Å². The van der Waals surface area contributed by atoms with Crippen LogP contribution in [0.1, 0.15) is 36.1 Å². The SMILES string of the molecule is Cc1conc1CS(=O)(=O)N1CCCC1CCc1ccccc1. The van der Waals surface area contributed by atoms with Crippen LogP contribution in [0.2, 0.25) is 0 Å². The van der Waals surface area contributed by atoms with Crippen LogP contribution in [0, 0.1) is 6.92 Å². The van der Waals surface area contributed by atoms with Crippen molar-refractivity contribution in [3.05, 3.63) is 53.4 Å². The van der Waals surface area contributed by atoms with Crippen molar-refractivity contribution >= 4 is 10.0 Å². The first-order valence-corrected chi connectivity index (χ1v) is 9.60. The molecule has 0 radical (unpaired) electrons. The third kappa shape index (κ3) is 3.82. The molecule has 1 aliphatic rings. The molecule has 1 aromatic heterocycles. The summed E-state index contributed by atoms with van der Waals surface area (Å²) in [6.45, 7) is 2.43. The molecule has 0 aliphatic carbocycles. The van der Waals surface area contributed by atoms with Gasteiger partial charge in [0.25, 0.3) is 0 Å². The van der Waals surface area contributed by atoms with Gasteiger partial charge in [-0.3, -0.25) is 0 Å². The summed E-state index contributed by atoms with van der Waals surface area (Å²) >= 11 is 0. The van der Waals surface area contributed by atoms with E-state index in [4.69, 9.17) is 4.52 Å². The molecule has 5 nitrogen and oxygen atoms in total. The Kier molecular flexibility index (Phi) is 4.82. The Hall–Kier alpha value is -1.66. The zero-order valence-electron chi connectivity index (χ0n) is 13.3. The molecule has 1 aromatic carbocycles. The van der Waals surface area contributed by atoms with Gasteiger partial charge in [0.05, 0.1) is 0 Å². The van der Waals surface area contributed by atoms with E-state index in [1.54, 1.807) is 4.31 Å². The fourth-order valence-electron chi connectivity index (χ4n) is 3.15. The lowest BCUT2D eigenvalue weighted by atomic mass is 10.0. The summed E-state index contributed by atoms with van der Waals surface area (Å²) in [4.78, 5) is 0. The highest BCUT2D eigenvalue weighted by Crippen LogP contribution is 2.27. The second kappa shape index (κ2) is 6.84. The highest BCUT2D eigenvalue weighted by Gasteiger charge is 2.34. The van der Waals surface area contributed by atoms with Crippen molar-refractivity contribution in [2.45, 2.75) is 44.4 Å². The van der Waals surface area contributed by atoms with Crippen molar-refractivity contribution in [3.8, 4) is 0 Å². The first kappa shape index (κ1) is 16.2. The van der Waals surface area contributed by atoms with E-state index in [-0.39, 0.29) is 11.8 Å². The van der Waals surface area contributed by atoms with E-state index in [0.29, 0.717) is 12.2 Å². The van der Waals surface area contributed by atoms with Gasteiger partial charge in [0.15, 0.2) is 0 Å². The third-order valence-corrected chi connectivity index (χ3v) is 6.29. The third-order valence-electron chi connectivity index (χ3n) is 4.46. The highest BCUT2D eigenvalue weighted by molar-refractivity contribution is 7.88. The second-order valence-electron chi connectivity index (χ2n) is 6.13. The van der Waals surface area contributed by atoms with Crippen molar-refractivity contribution in [2.75, 3.05) is 6.54 Å². The van der Waals surface area contributed by atoms with Gasteiger partial charge in [-0.1, -0.05) is 35.5 Å². The van der Waals surface area contributed by atoms with Gasteiger partial charge in [0.2, 0.25) is 10.0 Å².